The van der Waals surface area contributed by atoms with E-state index in [4.69, 9.17) is 4.42 Å². The van der Waals surface area contributed by atoms with Crippen molar-refractivity contribution in [3.63, 3.8) is 0 Å². The molecule has 2 heteroatoms. The Bertz CT molecular complexity index is 3450. The fraction of sp³-hybridized carbons (Fsp3) is 0. The summed E-state index contributed by atoms with van der Waals surface area (Å²) in [6, 6.07) is 66.7. The Hall–Kier alpha value is -6.74. The molecule has 0 saturated heterocycles. The van der Waals surface area contributed by atoms with Gasteiger partial charge in [-0.2, -0.15) is 0 Å². The van der Waals surface area contributed by atoms with Crippen LogP contribution in [0.4, 0.5) is 0 Å². The molecule has 54 heavy (non-hydrogen) atoms. The molecule has 2 aromatic heterocycles. The van der Waals surface area contributed by atoms with Crippen molar-refractivity contribution >= 4 is 96.5 Å². The first-order valence-corrected chi connectivity index (χ1v) is 19.3. The van der Waals surface area contributed by atoms with Gasteiger partial charge in [-0.15, -0.1) is 11.3 Å². The Morgan fingerprint density at radius 2 is 0.889 bits per heavy atom. The molecule has 1 nitrogen and oxygen atoms in total. The molecule has 0 aliphatic rings. The maximum absolute atomic E-state index is 6.75. The van der Waals surface area contributed by atoms with Crippen LogP contribution in [-0.2, 0) is 0 Å². The first-order chi connectivity index (χ1) is 26.8. The fourth-order valence-corrected chi connectivity index (χ4v) is 10.3. The lowest BCUT2D eigenvalue weighted by Gasteiger charge is -2.19. The van der Waals surface area contributed by atoms with E-state index in [1.807, 2.05) is 11.3 Å². The van der Waals surface area contributed by atoms with Crippen molar-refractivity contribution in [1.82, 2.24) is 0 Å². The van der Waals surface area contributed by atoms with Crippen LogP contribution in [0.2, 0.25) is 0 Å². The molecule has 0 spiro atoms. The molecule has 250 valence electrons. The summed E-state index contributed by atoms with van der Waals surface area (Å²) in [5.74, 6) is 0. The molecule has 0 fully saturated rings. The zero-order valence-electron chi connectivity index (χ0n) is 29.1. The van der Waals surface area contributed by atoms with Gasteiger partial charge < -0.3 is 4.42 Å². The van der Waals surface area contributed by atoms with Crippen molar-refractivity contribution < 1.29 is 4.42 Å². The van der Waals surface area contributed by atoms with E-state index in [1.54, 1.807) is 0 Å². The molecule has 0 unspecified atom stereocenters. The maximum Gasteiger partial charge on any atom is 0.136 e. The van der Waals surface area contributed by atoms with Gasteiger partial charge in [0.2, 0.25) is 0 Å². The summed E-state index contributed by atoms with van der Waals surface area (Å²) in [4.78, 5) is 0. The molecule has 0 aliphatic carbocycles. The van der Waals surface area contributed by atoms with Crippen LogP contribution in [0.5, 0.6) is 0 Å². The van der Waals surface area contributed by atoms with Crippen LogP contribution in [0.15, 0.2) is 186 Å². The van der Waals surface area contributed by atoms with Gasteiger partial charge >= 0.3 is 0 Å². The van der Waals surface area contributed by atoms with E-state index >= 15 is 0 Å². The number of thiophene rings is 1. The number of fused-ring (bicyclic) bond motifs is 11. The summed E-state index contributed by atoms with van der Waals surface area (Å²) in [5, 5.41) is 14.9. The second-order valence-electron chi connectivity index (χ2n) is 14.3. The summed E-state index contributed by atoms with van der Waals surface area (Å²) >= 11 is 1.86. The van der Waals surface area contributed by atoms with E-state index < -0.39 is 0 Å². The lowest BCUT2D eigenvalue weighted by molar-refractivity contribution is 0.670. The number of hydrogen-bond acceptors (Lipinski definition) is 2. The van der Waals surface area contributed by atoms with Gasteiger partial charge in [0, 0.05) is 36.5 Å². The number of hydrogen-bond donors (Lipinski definition) is 0. The molecule has 2 heterocycles. The molecule has 0 saturated carbocycles. The standard InChI is InChI=1S/C52H30OS/c1-2-13-32-28-36(25-24-31(32)12-1)48-41-21-7-5-19-39(41)47(40-20-6-8-22-42(40)48)34-15-11-16-35(29-34)49-37-17-4-3-14-33(37)30-45-50(49)51-44(53-45)27-26-43-38-18-9-10-23-46(38)54-52(43)51/h1-30H. The van der Waals surface area contributed by atoms with Gasteiger partial charge in [0.25, 0.3) is 0 Å². The molecule has 0 bridgehead atoms. The fourth-order valence-electron chi connectivity index (χ4n) is 9.09. The predicted molar refractivity (Wildman–Crippen MR) is 233 cm³/mol. The Morgan fingerprint density at radius 3 is 1.61 bits per heavy atom. The second kappa shape index (κ2) is 11.4. The highest BCUT2D eigenvalue weighted by Crippen LogP contribution is 2.49. The Kier molecular flexibility index (Phi) is 6.28. The van der Waals surface area contributed by atoms with Crippen LogP contribution >= 0.6 is 11.3 Å². The van der Waals surface area contributed by atoms with Crippen LogP contribution in [0.1, 0.15) is 0 Å². The van der Waals surface area contributed by atoms with Crippen molar-refractivity contribution in [2.45, 2.75) is 0 Å². The maximum atomic E-state index is 6.75. The molecule has 0 radical (unpaired) electrons. The second-order valence-corrected chi connectivity index (χ2v) is 15.4. The van der Waals surface area contributed by atoms with E-state index in [0.29, 0.717) is 0 Å². The van der Waals surface area contributed by atoms with Gasteiger partial charge in [0.1, 0.15) is 11.2 Å². The highest BCUT2D eigenvalue weighted by Gasteiger charge is 2.22. The molecule has 0 N–H and O–H groups in total. The van der Waals surface area contributed by atoms with Crippen LogP contribution in [-0.4, -0.2) is 0 Å². The summed E-state index contributed by atoms with van der Waals surface area (Å²) in [7, 11) is 0. The largest absolute Gasteiger partial charge is 0.456 e. The molecular weight excluding hydrogens is 673 g/mol. The number of rotatable bonds is 3. The Labute approximate surface area is 314 Å². The molecule has 10 aromatic carbocycles. The van der Waals surface area contributed by atoms with Crippen molar-refractivity contribution in [1.29, 1.82) is 0 Å². The zero-order chi connectivity index (χ0) is 35.3. The zero-order valence-corrected chi connectivity index (χ0v) is 30.0. The van der Waals surface area contributed by atoms with Crippen LogP contribution < -0.4 is 0 Å². The third-order valence-corrected chi connectivity index (χ3v) is 12.6. The third-order valence-electron chi connectivity index (χ3n) is 11.4. The molecule has 0 aliphatic heterocycles. The smallest absolute Gasteiger partial charge is 0.136 e. The lowest BCUT2D eigenvalue weighted by atomic mass is 9.84. The topological polar surface area (TPSA) is 13.1 Å². The first kappa shape index (κ1) is 29.8. The molecule has 12 aromatic rings. The van der Waals surface area contributed by atoms with Crippen LogP contribution in [0, 0.1) is 0 Å². The minimum atomic E-state index is 0.921. The lowest BCUT2D eigenvalue weighted by Crippen LogP contribution is -1.91. The predicted octanol–water partition coefficient (Wildman–Crippen LogP) is 15.6. The van der Waals surface area contributed by atoms with Crippen molar-refractivity contribution in [2.75, 3.05) is 0 Å². The van der Waals surface area contributed by atoms with Crippen molar-refractivity contribution in [2.24, 2.45) is 0 Å². The van der Waals surface area contributed by atoms with Gasteiger partial charge in [0.05, 0.1) is 0 Å². The minimum absolute atomic E-state index is 0.921. The minimum Gasteiger partial charge on any atom is -0.456 e. The average Bonchev–Trinajstić information content (AvgIpc) is 3.80. The Morgan fingerprint density at radius 1 is 0.315 bits per heavy atom. The van der Waals surface area contributed by atoms with Crippen molar-refractivity contribution in [3.05, 3.63) is 182 Å². The highest BCUT2D eigenvalue weighted by molar-refractivity contribution is 7.26. The summed E-state index contributed by atoms with van der Waals surface area (Å²) < 4.78 is 9.32. The van der Waals surface area contributed by atoms with Gasteiger partial charge in [-0.25, -0.2) is 0 Å². The quantitative estimate of drug-likeness (QED) is 0.167. The third kappa shape index (κ3) is 4.26. The van der Waals surface area contributed by atoms with E-state index in [2.05, 4.69) is 182 Å². The highest BCUT2D eigenvalue weighted by atomic mass is 32.1. The average molecular weight is 703 g/mol. The van der Waals surface area contributed by atoms with E-state index in [9.17, 15) is 0 Å². The van der Waals surface area contributed by atoms with E-state index in [-0.39, 0.29) is 0 Å². The van der Waals surface area contributed by atoms with Gasteiger partial charge in [-0.1, -0.05) is 146 Å². The van der Waals surface area contributed by atoms with Crippen LogP contribution in [0.3, 0.4) is 0 Å². The van der Waals surface area contributed by atoms with Gasteiger partial charge in [0.15, 0.2) is 0 Å². The SMILES string of the molecule is c1cc(-c2c3ccccc3c(-c3ccc4ccccc4c3)c3ccccc23)cc(-c2c3ccccc3cc3oc4ccc5c6ccccc6sc5c4c23)c1. The van der Waals surface area contributed by atoms with Gasteiger partial charge in [-0.3, -0.25) is 0 Å². The van der Waals surface area contributed by atoms with E-state index in [0.717, 1.165) is 11.2 Å². The van der Waals surface area contributed by atoms with E-state index in [1.165, 1.54) is 107 Å². The van der Waals surface area contributed by atoms with Crippen molar-refractivity contribution in [3.8, 4) is 33.4 Å². The summed E-state index contributed by atoms with van der Waals surface area (Å²) in [6.45, 7) is 0. The molecule has 0 atom stereocenters. The molecular formula is C52H30OS. The molecule has 0 amide bonds. The monoisotopic (exact) mass is 702 g/mol. The number of benzene rings is 10. The first-order valence-electron chi connectivity index (χ1n) is 18.5. The molecule has 12 rings (SSSR count). The number of furan rings is 1. The summed E-state index contributed by atoms with van der Waals surface area (Å²) in [5.41, 5.74) is 9.22. The van der Waals surface area contributed by atoms with Gasteiger partial charge in [-0.05, 0) is 107 Å². The summed E-state index contributed by atoms with van der Waals surface area (Å²) in [6.07, 6.45) is 0. The normalized spacial score (nSPS) is 12.1. The van der Waals surface area contributed by atoms with Crippen LogP contribution in [0.25, 0.3) is 119 Å². The Balaban J connectivity index is 1.16.